The van der Waals surface area contributed by atoms with Gasteiger partial charge in [-0.3, -0.25) is 0 Å². The quantitative estimate of drug-likeness (QED) is 0.646. The SMILES string of the molecule is CCOC1CCC2CC(c3cc(F)c(Cl)c(F)c3)CCC2C1. The molecule has 0 aliphatic heterocycles. The molecule has 22 heavy (non-hydrogen) atoms. The predicted molar refractivity (Wildman–Crippen MR) is 84.2 cm³/mol. The first kappa shape index (κ1) is 16.2. The normalized spacial score (nSPS) is 31.8. The molecule has 3 rings (SSSR count). The van der Waals surface area contributed by atoms with E-state index in [1.165, 1.54) is 18.6 Å². The lowest BCUT2D eigenvalue weighted by Gasteiger charge is -2.42. The summed E-state index contributed by atoms with van der Waals surface area (Å²) in [5.41, 5.74) is 0.768. The van der Waals surface area contributed by atoms with E-state index in [0.717, 1.165) is 44.3 Å². The lowest BCUT2D eigenvalue weighted by atomic mass is 9.65. The third kappa shape index (κ3) is 3.30. The molecule has 122 valence electrons. The van der Waals surface area contributed by atoms with E-state index < -0.39 is 16.7 Å². The standard InChI is InChI=1S/C18H23ClF2O/c1-2-22-15-6-5-11-7-12(3-4-13(11)8-15)14-9-16(20)18(19)17(21)10-14/h9-13,15H,2-8H2,1H3. The van der Waals surface area contributed by atoms with Crippen LogP contribution in [0.15, 0.2) is 12.1 Å². The molecule has 1 aromatic rings. The first-order chi connectivity index (χ1) is 10.6. The second-order valence-corrected chi connectivity index (χ2v) is 7.10. The number of fused-ring (bicyclic) bond motifs is 1. The number of rotatable bonds is 3. The van der Waals surface area contributed by atoms with Crippen LogP contribution in [0.5, 0.6) is 0 Å². The van der Waals surface area contributed by atoms with E-state index >= 15 is 0 Å². The second-order valence-electron chi connectivity index (χ2n) is 6.72. The minimum absolute atomic E-state index is 0.256. The fourth-order valence-corrected chi connectivity index (χ4v) is 4.46. The Hall–Kier alpha value is -0.670. The Morgan fingerprint density at radius 1 is 1.05 bits per heavy atom. The third-order valence-corrected chi connectivity index (χ3v) is 5.81. The molecule has 1 aromatic carbocycles. The molecule has 0 saturated heterocycles. The molecule has 2 aliphatic rings. The van der Waals surface area contributed by atoms with Crippen molar-refractivity contribution in [2.45, 2.75) is 57.5 Å². The zero-order valence-corrected chi connectivity index (χ0v) is 13.7. The monoisotopic (exact) mass is 328 g/mol. The summed E-state index contributed by atoms with van der Waals surface area (Å²) in [4.78, 5) is 0. The van der Waals surface area contributed by atoms with E-state index in [2.05, 4.69) is 0 Å². The maximum atomic E-state index is 13.7. The Morgan fingerprint density at radius 3 is 2.36 bits per heavy atom. The van der Waals surface area contributed by atoms with Crippen LogP contribution in [0.4, 0.5) is 8.78 Å². The largest absolute Gasteiger partial charge is 0.378 e. The van der Waals surface area contributed by atoms with Crippen molar-refractivity contribution >= 4 is 11.6 Å². The summed E-state index contributed by atoms with van der Waals surface area (Å²) in [6, 6.07) is 2.84. The lowest BCUT2D eigenvalue weighted by Crippen LogP contribution is -2.33. The van der Waals surface area contributed by atoms with Crippen molar-refractivity contribution in [2.75, 3.05) is 6.61 Å². The van der Waals surface area contributed by atoms with Gasteiger partial charge >= 0.3 is 0 Å². The molecule has 0 N–H and O–H groups in total. The fourth-order valence-electron chi connectivity index (χ4n) is 4.35. The Kier molecular flexibility index (Phi) is 5.03. The van der Waals surface area contributed by atoms with E-state index in [1.54, 1.807) is 0 Å². The maximum Gasteiger partial charge on any atom is 0.145 e. The highest BCUT2D eigenvalue weighted by atomic mass is 35.5. The van der Waals surface area contributed by atoms with Crippen LogP contribution < -0.4 is 0 Å². The van der Waals surface area contributed by atoms with Crippen LogP contribution in [0, 0.1) is 23.5 Å². The number of benzene rings is 1. The summed E-state index contributed by atoms with van der Waals surface area (Å²) >= 11 is 5.58. The minimum atomic E-state index is -0.640. The van der Waals surface area contributed by atoms with Crippen LogP contribution in [-0.4, -0.2) is 12.7 Å². The van der Waals surface area contributed by atoms with E-state index in [9.17, 15) is 8.78 Å². The Labute approximate surface area is 136 Å². The Bertz CT molecular complexity index is 511. The number of ether oxygens (including phenoxy) is 1. The van der Waals surface area contributed by atoms with Crippen molar-refractivity contribution in [3.63, 3.8) is 0 Å². The molecule has 2 saturated carbocycles. The Balaban J connectivity index is 1.68. The summed E-state index contributed by atoms with van der Waals surface area (Å²) in [5, 5.41) is -0.394. The summed E-state index contributed by atoms with van der Waals surface area (Å²) in [6.45, 7) is 2.83. The van der Waals surface area contributed by atoms with Crippen LogP contribution in [-0.2, 0) is 4.74 Å². The molecular weight excluding hydrogens is 306 g/mol. The van der Waals surface area contributed by atoms with Gasteiger partial charge in [0.2, 0.25) is 0 Å². The van der Waals surface area contributed by atoms with Gasteiger partial charge in [-0.05, 0) is 80.9 Å². The molecule has 0 heterocycles. The molecule has 2 aliphatic carbocycles. The molecule has 0 amide bonds. The molecule has 0 aromatic heterocycles. The van der Waals surface area contributed by atoms with E-state index in [1.807, 2.05) is 6.92 Å². The Morgan fingerprint density at radius 2 is 1.68 bits per heavy atom. The van der Waals surface area contributed by atoms with Gasteiger partial charge in [0, 0.05) is 6.61 Å². The van der Waals surface area contributed by atoms with Crippen molar-refractivity contribution < 1.29 is 13.5 Å². The molecule has 4 atom stereocenters. The molecule has 4 heteroatoms. The van der Waals surface area contributed by atoms with Crippen molar-refractivity contribution in [3.8, 4) is 0 Å². The van der Waals surface area contributed by atoms with Gasteiger partial charge < -0.3 is 4.74 Å². The molecule has 0 bridgehead atoms. The summed E-state index contributed by atoms with van der Waals surface area (Å²) < 4.78 is 33.1. The molecule has 1 nitrogen and oxygen atoms in total. The van der Waals surface area contributed by atoms with Gasteiger partial charge in [-0.15, -0.1) is 0 Å². The maximum absolute atomic E-state index is 13.7. The van der Waals surface area contributed by atoms with Gasteiger partial charge in [0.05, 0.1) is 6.10 Å². The van der Waals surface area contributed by atoms with Crippen LogP contribution in [0.25, 0.3) is 0 Å². The molecule has 0 radical (unpaired) electrons. The summed E-state index contributed by atoms with van der Waals surface area (Å²) in [5.74, 6) is 0.352. The first-order valence-corrected chi connectivity index (χ1v) is 8.72. The van der Waals surface area contributed by atoms with Crippen molar-refractivity contribution in [1.29, 1.82) is 0 Å². The van der Waals surface area contributed by atoms with Crippen LogP contribution in [0.2, 0.25) is 5.02 Å². The number of hydrogen-bond acceptors (Lipinski definition) is 1. The molecular formula is C18H23ClF2O. The predicted octanol–water partition coefficient (Wildman–Crippen LogP) is 5.71. The van der Waals surface area contributed by atoms with Gasteiger partial charge in [-0.1, -0.05) is 11.6 Å². The molecule has 0 spiro atoms. The topological polar surface area (TPSA) is 9.23 Å². The van der Waals surface area contributed by atoms with Gasteiger partial charge in [0.1, 0.15) is 16.7 Å². The molecule has 2 fully saturated rings. The van der Waals surface area contributed by atoms with Gasteiger partial charge in [-0.2, -0.15) is 0 Å². The zero-order valence-electron chi connectivity index (χ0n) is 13.0. The van der Waals surface area contributed by atoms with Gasteiger partial charge in [0.15, 0.2) is 0 Å². The zero-order chi connectivity index (χ0) is 15.7. The van der Waals surface area contributed by atoms with Crippen LogP contribution in [0.3, 0.4) is 0 Å². The van der Waals surface area contributed by atoms with Crippen molar-refractivity contribution in [3.05, 3.63) is 34.4 Å². The summed E-state index contributed by atoms with van der Waals surface area (Å²) in [6.07, 6.45) is 7.01. The average molecular weight is 329 g/mol. The first-order valence-electron chi connectivity index (χ1n) is 8.34. The minimum Gasteiger partial charge on any atom is -0.378 e. The highest BCUT2D eigenvalue weighted by Gasteiger charge is 2.36. The highest BCUT2D eigenvalue weighted by molar-refractivity contribution is 6.30. The van der Waals surface area contributed by atoms with E-state index in [4.69, 9.17) is 16.3 Å². The van der Waals surface area contributed by atoms with Crippen LogP contribution >= 0.6 is 11.6 Å². The fraction of sp³-hybridized carbons (Fsp3) is 0.667. The summed E-state index contributed by atoms with van der Waals surface area (Å²) in [7, 11) is 0. The number of halogens is 3. The molecule has 4 unspecified atom stereocenters. The lowest BCUT2D eigenvalue weighted by molar-refractivity contribution is -0.00957. The van der Waals surface area contributed by atoms with Gasteiger partial charge in [-0.25, -0.2) is 8.78 Å². The van der Waals surface area contributed by atoms with E-state index in [-0.39, 0.29) is 5.92 Å². The third-order valence-electron chi connectivity index (χ3n) is 5.44. The highest BCUT2D eigenvalue weighted by Crippen LogP contribution is 2.47. The van der Waals surface area contributed by atoms with E-state index in [0.29, 0.717) is 17.9 Å². The average Bonchev–Trinajstić information content (AvgIpc) is 2.52. The van der Waals surface area contributed by atoms with Crippen molar-refractivity contribution in [2.24, 2.45) is 11.8 Å². The van der Waals surface area contributed by atoms with Crippen LogP contribution in [0.1, 0.15) is 56.9 Å². The number of hydrogen-bond donors (Lipinski definition) is 0. The van der Waals surface area contributed by atoms with Crippen molar-refractivity contribution in [1.82, 2.24) is 0 Å². The second kappa shape index (κ2) is 6.84. The van der Waals surface area contributed by atoms with Gasteiger partial charge in [0.25, 0.3) is 0 Å². The smallest absolute Gasteiger partial charge is 0.145 e.